The fourth-order valence-electron chi connectivity index (χ4n) is 3.95. The lowest BCUT2D eigenvalue weighted by molar-refractivity contribution is -0.166. The molecule has 0 aliphatic heterocycles. The van der Waals surface area contributed by atoms with E-state index in [0.717, 1.165) is 23.3 Å². The average molecular weight is 527 g/mol. The number of carboxylic acids is 1. The summed E-state index contributed by atoms with van der Waals surface area (Å²) in [5.41, 5.74) is 2.96. The van der Waals surface area contributed by atoms with Crippen molar-refractivity contribution in [2.75, 3.05) is 11.9 Å². The van der Waals surface area contributed by atoms with Gasteiger partial charge in [0, 0.05) is 23.9 Å². The molecular formula is C30H24F2N4O3. The predicted octanol–water partition coefficient (Wildman–Crippen LogP) is 5.31. The topological polar surface area (TPSA) is 115 Å². The number of rotatable bonds is 10. The Kier molecular flexibility index (Phi) is 8.39. The summed E-state index contributed by atoms with van der Waals surface area (Å²) in [6.45, 7) is 0.516. The van der Waals surface area contributed by atoms with Gasteiger partial charge >= 0.3 is 11.9 Å². The number of benzene rings is 3. The van der Waals surface area contributed by atoms with Crippen molar-refractivity contribution in [1.82, 2.24) is 10.3 Å². The number of carbonyl (C=O) groups is 2. The smallest absolute Gasteiger partial charge is 0.379 e. The van der Waals surface area contributed by atoms with Crippen molar-refractivity contribution in [3.05, 3.63) is 119 Å². The summed E-state index contributed by atoms with van der Waals surface area (Å²) in [6, 6.07) is 26.2. The lowest BCUT2D eigenvalue weighted by Crippen LogP contribution is -2.34. The number of halogens is 2. The van der Waals surface area contributed by atoms with Crippen molar-refractivity contribution in [2.24, 2.45) is 0 Å². The molecule has 1 aromatic heterocycles. The molecule has 0 spiro atoms. The van der Waals surface area contributed by atoms with E-state index in [1.165, 1.54) is 18.3 Å². The Bertz CT molecular complexity index is 1470. The highest BCUT2D eigenvalue weighted by molar-refractivity contribution is 5.95. The van der Waals surface area contributed by atoms with Gasteiger partial charge in [-0.15, -0.1) is 0 Å². The van der Waals surface area contributed by atoms with Crippen LogP contribution in [0.2, 0.25) is 0 Å². The van der Waals surface area contributed by atoms with Gasteiger partial charge in [0.25, 0.3) is 0 Å². The van der Waals surface area contributed by atoms with E-state index in [-0.39, 0.29) is 5.91 Å². The molecule has 4 aromatic rings. The van der Waals surface area contributed by atoms with Crippen molar-refractivity contribution in [3.8, 4) is 17.2 Å². The van der Waals surface area contributed by atoms with Crippen LogP contribution in [0.3, 0.4) is 0 Å². The van der Waals surface area contributed by atoms with Crippen molar-refractivity contribution < 1.29 is 23.5 Å². The minimum Gasteiger partial charge on any atom is -0.477 e. The number of amides is 1. The standard InChI is InChI=1S/C30H24F2N4O3/c31-30(32,29(38)39)25-13-10-22(11-14-25)24-12-15-26(35-19-24)36-28(37)27(23-4-2-1-3-5-23)34-17-16-20-6-8-21(18-33)9-7-20/h1-15,19,27,34H,16-17H2,(H,38,39)(H,35,36,37). The summed E-state index contributed by atoms with van der Waals surface area (Å²) >= 11 is 0. The van der Waals surface area contributed by atoms with E-state index in [4.69, 9.17) is 10.4 Å². The van der Waals surface area contributed by atoms with Crippen molar-refractivity contribution in [1.29, 1.82) is 5.26 Å². The first-order valence-corrected chi connectivity index (χ1v) is 12.0. The molecule has 0 radical (unpaired) electrons. The maximum atomic E-state index is 13.7. The third kappa shape index (κ3) is 6.69. The van der Waals surface area contributed by atoms with Gasteiger partial charge in [0.05, 0.1) is 11.6 Å². The number of hydrogen-bond acceptors (Lipinski definition) is 5. The Balaban J connectivity index is 1.42. The summed E-state index contributed by atoms with van der Waals surface area (Å²) in [6.07, 6.45) is 2.16. The lowest BCUT2D eigenvalue weighted by Gasteiger charge is -2.19. The first-order valence-electron chi connectivity index (χ1n) is 12.0. The Morgan fingerprint density at radius 2 is 1.59 bits per heavy atom. The molecule has 0 aliphatic carbocycles. The number of nitriles is 1. The summed E-state index contributed by atoms with van der Waals surface area (Å²) in [5.74, 6) is -6.18. The van der Waals surface area contributed by atoms with Gasteiger partial charge in [-0.25, -0.2) is 9.78 Å². The SMILES string of the molecule is N#Cc1ccc(CCNC(C(=O)Nc2ccc(-c3ccc(C(F)(F)C(=O)O)cc3)cn2)c2ccccc2)cc1. The van der Waals surface area contributed by atoms with E-state index < -0.39 is 23.5 Å². The van der Waals surface area contributed by atoms with E-state index in [1.54, 1.807) is 24.3 Å². The van der Waals surface area contributed by atoms with E-state index in [2.05, 4.69) is 21.7 Å². The van der Waals surface area contributed by atoms with Gasteiger partial charge in [-0.05, 0) is 47.4 Å². The third-order valence-corrected chi connectivity index (χ3v) is 6.10. The summed E-state index contributed by atoms with van der Waals surface area (Å²) < 4.78 is 27.4. The second-order valence-corrected chi connectivity index (χ2v) is 8.73. The van der Waals surface area contributed by atoms with Crippen molar-refractivity contribution in [2.45, 2.75) is 18.4 Å². The fraction of sp³-hybridized carbons (Fsp3) is 0.133. The van der Waals surface area contributed by atoms with Crippen LogP contribution in [0.5, 0.6) is 0 Å². The quantitative estimate of drug-likeness (QED) is 0.258. The molecule has 0 aliphatic rings. The zero-order valence-electron chi connectivity index (χ0n) is 20.6. The van der Waals surface area contributed by atoms with E-state index in [0.29, 0.717) is 35.5 Å². The molecule has 7 nitrogen and oxygen atoms in total. The number of nitrogens with zero attached hydrogens (tertiary/aromatic N) is 2. The number of hydrogen-bond donors (Lipinski definition) is 3. The minimum absolute atomic E-state index is 0.304. The number of aromatic nitrogens is 1. The zero-order chi connectivity index (χ0) is 27.8. The first-order chi connectivity index (χ1) is 18.8. The van der Waals surface area contributed by atoms with Crippen LogP contribution in [0.25, 0.3) is 11.1 Å². The normalized spacial score (nSPS) is 11.8. The number of carbonyl (C=O) groups excluding carboxylic acids is 1. The molecule has 0 saturated carbocycles. The Hall–Kier alpha value is -4.94. The van der Waals surface area contributed by atoms with Crippen LogP contribution in [0.4, 0.5) is 14.6 Å². The summed E-state index contributed by atoms with van der Waals surface area (Å²) in [4.78, 5) is 28.3. The molecule has 0 fully saturated rings. The van der Waals surface area contributed by atoms with Crippen LogP contribution < -0.4 is 10.6 Å². The van der Waals surface area contributed by atoms with Crippen molar-refractivity contribution in [3.63, 3.8) is 0 Å². The van der Waals surface area contributed by atoms with Gasteiger partial charge in [-0.1, -0.05) is 66.7 Å². The highest BCUT2D eigenvalue weighted by atomic mass is 19.3. The van der Waals surface area contributed by atoms with Gasteiger partial charge in [0.2, 0.25) is 5.91 Å². The number of nitrogens with one attached hydrogen (secondary N) is 2. The van der Waals surface area contributed by atoms with E-state index >= 15 is 0 Å². The molecule has 9 heteroatoms. The van der Waals surface area contributed by atoms with E-state index in [9.17, 15) is 18.4 Å². The molecule has 0 saturated heterocycles. The van der Waals surface area contributed by atoms with Gasteiger partial charge in [0.1, 0.15) is 11.9 Å². The van der Waals surface area contributed by atoms with Crippen LogP contribution in [-0.2, 0) is 21.9 Å². The zero-order valence-corrected chi connectivity index (χ0v) is 20.6. The Labute approximate surface area is 223 Å². The summed E-state index contributed by atoms with van der Waals surface area (Å²) in [5, 5.41) is 23.8. The van der Waals surface area contributed by atoms with Crippen molar-refractivity contribution >= 4 is 17.7 Å². The second kappa shape index (κ2) is 12.1. The molecule has 0 bridgehead atoms. The van der Waals surface area contributed by atoms with Crippen LogP contribution in [0.15, 0.2) is 97.2 Å². The van der Waals surface area contributed by atoms with Crippen LogP contribution in [-0.4, -0.2) is 28.5 Å². The monoisotopic (exact) mass is 526 g/mol. The van der Waals surface area contributed by atoms with Gasteiger partial charge < -0.3 is 15.7 Å². The number of pyridine rings is 1. The number of alkyl halides is 2. The van der Waals surface area contributed by atoms with Gasteiger partial charge in [0.15, 0.2) is 0 Å². The van der Waals surface area contributed by atoms with Gasteiger partial charge in [-0.3, -0.25) is 4.79 Å². The molecule has 1 amide bonds. The Morgan fingerprint density at radius 1 is 0.923 bits per heavy atom. The number of carboxylic acid groups (broad SMARTS) is 1. The maximum absolute atomic E-state index is 13.7. The molecule has 1 atom stereocenters. The highest BCUT2D eigenvalue weighted by Gasteiger charge is 2.40. The Morgan fingerprint density at radius 3 is 2.18 bits per heavy atom. The number of aliphatic carboxylic acids is 1. The molecule has 4 rings (SSSR count). The highest BCUT2D eigenvalue weighted by Crippen LogP contribution is 2.30. The van der Waals surface area contributed by atoms with Crippen LogP contribution in [0, 0.1) is 11.3 Å². The molecule has 3 aromatic carbocycles. The molecule has 39 heavy (non-hydrogen) atoms. The lowest BCUT2D eigenvalue weighted by atomic mass is 10.0. The number of anilines is 1. The molecular weight excluding hydrogens is 502 g/mol. The summed E-state index contributed by atoms with van der Waals surface area (Å²) in [7, 11) is 0. The second-order valence-electron chi connectivity index (χ2n) is 8.73. The first kappa shape index (κ1) is 27.1. The average Bonchev–Trinajstić information content (AvgIpc) is 2.96. The molecule has 1 unspecified atom stereocenters. The predicted molar refractivity (Wildman–Crippen MR) is 142 cm³/mol. The molecule has 196 valence electrons. The molecule has 1 heterocycles. The minimum atomic E-state index is -3.98. The fourth-order valence-corrected chi connectivity index (χ4v) is 3.95. The third-order valence-electron chi connectivity index (χ3n) is 6.10. The van der Waals surface area contributed by atoms with Crippen LogP contribution >= 0.6 is 0 Å². The molecule has 3 N–H and O–H groups in total. The maximum Gasteiger partial charge on any atom is 0.379 e. The largest absolute Gasteiger partial charge is 0.477 e. The van der Waals surface area contributed by atoms with Crippen LogP contribution in [0.1, 0.15) is 28.3 Å². The van der Waals surface area contributed by atoms with Gasteiger partial charge in [-0.2, -0.15) is 14.0 Å². The van der Waals surface area contributed by atoms with E-state index in [1.807, 2.05) is 42.5 Å².